The van der Waals surface area contributed by atoms with Crippen LogP contribution in [0.5, 0.6) is 0 Å². The maximum atomic E-state index is 10.9. The predicted octanol–water partition coefficient (Wildman–Crippen LogP) is 2.42. The van der Waals surface area contributed by atoms with Crippen molar-refractivity contribution in [2.24, 2.45) is 17.8 Å². The molecule has 0 radical (unpaired) electrons. The summed E-state index contributed by atoms with van der Waals surface area (Å²) in [7, 11) is 0. The monoisotopic (exact) mass is 196 g/mol. The van der Waals surface area contributed by atoms with Crippen LogP contribution in [0.3, 0.4) is 0 Å². The van der Waals surface area contributed by atoms with Crippen LogP contribution in [-0.2, 0) is 9.53 Å². The minimum Gasteiger partial charge on any atom is -0.381 e. The highest BCUT2D eigenvalue weighted by atomic mass is 16.5. The molecule has 0 aromatic carbocycles. The van der Waals surface area contributed by atoms with E-state index >= 15 is 0 Å². The Morgan fingerprint density at radius 1 is 1.21 bits per heavy atom. The van der Waals surface area contributed by atoms with Gasteiger partial charge in [-0.3, -0.25) is 0 Å². The zero-order chi connectivity index (χ0) is 9.97. The van der Waals surface area contributed by atoms with Gasteiger partial charge in [0.05, 0.1) is 0 Å². The summed E-state index contributed by atoms with van der Waals surface area (Å²) in [5.74, 6) is 2.87. The lowest BCUT2D eigenvalue weighted by Gasteiger charge is -2.41. The summed E-state index contributed by atoms with van der Waals surface area (Å²) in [6.07, 6.45) is 5.91. The Labute approximate surface area is 86.0 Å². The average molecular weight is 196 g/mol. The lowest BCUT2D eigenvalue weighted by molar-refractivity contribution is -0.119. The highest BCUT2D eigenvalue weighted by Crippen LogP contribution is 2.43. The maximum Gasteiger partial charge on any atom is 0.130 e. The van der Waals surface area contributed by atoms with Crippen molar-refractivity contribution >= 4 is 5.78 Å². The Balaban J connectivity index is 1.68. The van der Waals surface area contributed by atoms with Crippen molar-refractivity contribution < 1.29 is 9.53 Å². The highest BCUT2D eigenvalue weighted by Gasteiger charge is 2.35. The third kappa shape index (κ3) is 2.35. The molecule has 1 saturated carbocycles. The molecule has 0 N–H and O–H groups in total. The van der Waals surface area contributed by atoms with E-state index in [1.54, 1.807) is 6.92 Å². The van der Waals surface area contributed by atoms with Gasteiger partial charge in [0, 0.05) is 19.6 Å². The SMILES string of the molecule is CC(=O)CC1CC(C2CCOCC2)C1. The third-order valence-electron chi connectivity index (χ3n) is 3.78. The minimum atomic E-state index is 0.362. The second-order valence-electron chi connectivity index (χ2n) is 4.95. The largest absolute Gasteiger partial charge is 0.381 e. The first kappa shape index (κ1) is 10.2. The van der Waals surface area contributed by atoms with Crippen LogP contribution >= 0.6 is 0 Å². The summed E-state index contributed by atoms with van der Waals surface area (Å²) >= 11 is 0. The van der Waals surface area contributed by atoms with E-state index in [9.17, 15) is 4.79 Å². The quantitative estimate of drug-likeness (QED) is 0.693. The molecule has 0 atom stereocenters. The van der Waals surface area contributed by atoms with E-state index in [4.69, 9.17) is 4.74 Å². The molecule has 2 aliphatic rings. The van der Waals surface area contributed by atoms with Gasteiger partial charge < -0.3 is 9.53 Å². The topological polar surface area (TPSA) is 26.3 Å². The molecule has 0 spiro atoms. The summed E-state index contributed by atoms with van der Waals surface area (Å²) in [5.41, 5.74) is 0. The predicted molar refractivity (Wildman–Crippen MR) is 55.1 cm³/mol. The van der Waals surface area contributed by atoms with Crippen LogP contribution in [0.15, 0.2) is 0 Å². The Morgan fingerprint density at radius 3 is 2.43 bits per heavy atom. The lowest BCUT2D eigenvalue weighted by atomic mass is 9.65. The van der Waals surface area contributed by atoms with Crippen molar-refractivity contribution in [1.82, 2.24) is 0 Å². The fourth-order valence-electron chi connectivity index (χ4n) is 2.93. The Bertz CT molecular complexity index is 200. The molecular formula is C12H20O2. The van der Waals surface area contributed by atoms with Gasteiger partial charge in [0.25, 0.3) is 0 Å². The smallest absolute Gasteiger partial charge is 0.130 e. The Morgan fingerprint density at radius 2 is 1.86 bits per heavy atom. The van der Waals surface area contributed by atoms with Crippen molar-refractivity contribution in [2.75, 3.05) is 13.2 Å². The molecule has 0 aromatic heterocycles. The van der Waals surface area contributed by atoms with Crippen LogP contribution in [-0.4, -0.2) is 19.0 Å². The Hall–Kier alpha value is -0.370. The van der Waals surface area contributed by atoms with Gasteiger partial charge in [-0.2, -0.15) is 0 Å². The van der Waals surface area contributed by atoms with E-state index in [0.717, 1.165) is 31.5 Å². The number of carbonyl (C=O) groups is 1. The normalized spacial score (nSPS) is 33.8. The first-order valence-electron chi connectivity index (χ1n) is 5.83. The van der Waals surface area contributed by atoms with E-state index < -0.39 is 0 Å². The maximum absolute atomic E-state index is 10.9. The van der Waals surface area contributed by atoms with Crippen LogP contribution in [0, 0.1) is 17.8 Å². The molecule has 0 aromatic rings. The number of hydrogen-bond donors (Lipinski definition) is 0. The fourth-order valence-corrected chi connectivity index (χ4v) is 2.93. The number of rotatable bonds is 3. The van der Waals surface area contributed by atoms with Crippen molar-refractivity contribution in [3.8, 4) is 0 Å². The van der Waals surface area contributed by atoms with Crippen LogP contribution < -0.4 is 0 Å². The summed E-state index contributed by atoms with van der Waals surface area (Å²) in [5, 5.41) is 0. The van der Waals surface area contributed by atoms with Gasteiger partial charge in [-0.1, -0.05) is 0 Å². The minimum absolute atomic E-state index is 0.362. The second kappa shape index (κ2) is 4.43. The molecule has 1 aliphatic heterocycles. The van der Waals surface area contributed by atoms with Gasteiger partial charge in [0.15, 0.2) is 0 Å². The van der Waals surface area contributed by atoms with Crippen LogP contribution in [0.4, 0.5) is 0 Å². The van der Waals surface area contributed by atoms with Crippen molar-refractivity contribution in [3.05, 3.63) is 0 Å². The van der Waals surface area contributed by atoms with Crippen LogP contribution in [0.25, 0.3) is 0 Å². The molecule has 14 heavy (non-hydrogen) atoms. The molecule has 2 fully saturated rings. The lowest BCUT2D eigenvalue weighted by Crippen LogP contribution is -2.34. The standard InChI is InChI=1S/C12H20O2/c1-9(13)6-10-7-12(8-10)11-2-4-14-5-3-11/h10-12H,2-8H2,1H3. The molecule has 2 rings (SSSR count). The molecule has 1 saturated heterocycles. The van der Waals surface area contributed by atoms with Crippen molar-refractivity contribution in [3.63, 3.8) is 0 Å². The number of ketones is 1. The van der Waals surface area contributed by atoms with Gasteiger partial charge >= 0.3 is 0 Å². The Kier molecular flexibility index (Phi) is 3.22. The van der Waals surface area contributed by atoms with E-state index in [2.05, 4.69) is 0 Å². The number of Topliss-reactive ketones (excluding diaryl/α,β-unsaturated/α-hetero) is 1. The van der Waals surface area contributed by atoms with Gasteiger partial charge in [-0.05, 0) is 50.4 Å². The zero-order valence-electron chi connectivity index (χ0n) is 9.00. The second-order valence-corrected chi connectivity index (χ2v) is 4.95. The van der Waals surface area contributed by atoms with Crippen molar-refractivity contribution in [2.45, 2.75) is 39.0 Å². The van der Waals surface area contributed by atoms with Gasteiger partial charge in [0.2, 0.25) is 0 Å². The van der Waals surface area contributed by atoms with Gasteiger partial charge in [-0.15, -0.1) is 0 Å². The first-order chi connectivity index (χ1) is 6.75. The van der Waals surface area contributed by atoms with E-state index in [-0.39, 0.29) is 0 Å². The van der Waals surface area contributed by atoms with E-state index in [0.29, 0.717) is 11.7 Å². The molecule has 1 aliphatic carbocycles. The zero-order valence-corrected chi connectivity index (χ0v) is 9.00. The van der Waals surface area contributed by atoms with Crippen molar-refractivity contribution in [1.29, 1.82) is 0 Å². The molecule has 80 valence electrons. The highest BCUT2D eigenvalue weighted by molar-refractivity contribution is 5.75. The third-order valence-corrected chi connectivity index (χ3v) is 3.78. The van der Waals surface area contributed by atoms with Gasteiger partial charge in [-0.25, -0.2) is 0 Å². The van der Waals surface area contributed by atoms with E-state index in [1.807, 2.05) is 0 Å². The molecule has 2 nitrogen and oxygen atoms in total. The fraction of sp³-hybridized carbons (Fsp3) is 0.917. The number of carbonyl (C=O) groups excluding carboxylic acids is 1. The summed E-state index contributed by atoms with van der Waals surface area (Å²) in [6, 6.07) is 0. The van der Waals surface area contributed by atoms with Crippen LogP contribution in [0.1, 0.15) is 39.0 Å². The average Bonchev–Trinajstić information content (AvgIpc) is 2.12. The van der Waals surface area contributed by atoms with Crippen LogP contribution in [0.2, 0.25) is 0 Å². The number of ether oxygens (including phenoxy) is 1. The summed E-state index contributed by atoms with van der Waals surface area (Å²) in [6.45, 7) is 3.62. The van der Waals surface area contributed by atoms with E-state index in [1.165, 1.54) is 25.7 Å². The molecule has 0 amide bonds. The first-order valence-corrected chi connectivity index (χ1v) is 5.83. The summed E-state index contributed by atoms with van der Waals surface area (Å²) < 4.78 is 5.36. The molecular weight excluding hydrogens is 176 g/mol. The molecule has 2 heteroatoms. The number of hydrogen-bond acceptors (Lipinski definition) is 2. The van der Waals surface area contributed by atoms with Gasteiger partial charge in [0.1, 0.15) is 5.78 Å². The molecule has 0 unspecified atom stereocenters. The molecule has 0 bridgehead atoms. The molecule has 1 heterocycles. The summed E-state index contributed by atoms with van der Waals surface area (Å²) in [4.78, 5) is 10.9.